The lowest BCUT2D eigenvalue weighted by Gasteiger charge is -2.56. The van der Waals surface area contributed by atoms with Crippen LogP contribution in [0.4, 0.5) is 0 Å². The van der Waals surface area contributed by atoms with Crippen molar-refractivity contribution >= 4 is 29.3 Å². The number of hydrogen-bond acceptors (Lipinski definition) is 3. The van der Waals surface area contributed by atoms with Crippen LogP contribution in [0, 0.1) is 23.2 Å². The summed E-state index contributed by atoms with van der Waals surface area (Å²) in [5.41, 5.74) is 5.56. The monoisotopic (exact) mass is 417 g/mol. The second kappa shape index (κ2) is 8.34. The van der Waals surface area contributed by atoms with Crippen LogP contribution < -0.4 is 16.2 Å². The molecule has 1 aromatic rings. The Balaban J connectivity index is 1.17. The summed E-state index contributed by atoms with van der Waals surface area (Å²) in [6, 6.07) is 6.75. The van der Waals surface area contributed by atoms with E-state index in [1.54, 1.807) is 24.3 Å². The summed E-state index contributed by atoms with van der Waals surface area (Å²) in [5.74, 6) is 1.62. The highest BCUT2D eigenvalue weighted by molar-refractivity contribution is 6.33. The molecule has 5 rings (SSSR count). The first-order valence-corrected chi connectivity index (χ1v) is 10.9. The van der Waals surface area contributed by atoms with E-state index in [1.165, 1.54) is 19.3 Å². The van der Waals surface area contributed by atoms with Gasteiger partial charge in [0.15, 0.2) is 0 Å². The maximum absolute atomic E-state index is 12.4. The van der Waals surface area contributed by atoms with Gasteiger partial charge in [0.2, 0.25) is 11.8 Å². The number of amides is 3. The summed E-state index contributed by atoms with van der Waals surface area (Å²) in [7, 11) is 0. The molecule has 0 radical (unpaired) electrons. The first-order chi connectivity index (χ1) is 13.9. The molecule has 4 aliphatic carbocycles. The Labute approximate surface area is 176 Å². The lowest BCUT2D eigenvalue weighted by atomic mass is 9.49. The van der Waals surface area contributed by atoms with Crippen LogP contribution in [0.2, 0.25) is 5.02 Å². The Morgan fingerprint density at radius 1 is 0.931 bits per heavy atom. The molecule has 156 valence electrons. The highest BCUT2D eigenvalue weighted by atomic mass is 35.5. The van der Waals surface area contributed by atoms with Crippen LogP contribution in [0.1, 0.15) is 61.7 Å². The van der Waals surface area contributed by atoms with Gasteiger partial charge in [0.1, 0.15) is 0 Å². The molecule has 0 spiro atoms. The first-order valence-electron chi connectivity index (χ1n) is 10.5. The number of carbonyl (C=O) groups excluding carboxylic acids is 3. The van der Waals surface area contributed by atoms with Crippen molar-refractivity contribution in [2.45, 2.75) is 51.4 Å². The first kappa shape index (κ1) is 20.2. The van der Waals surface area contributed by atoms with Crippen LogP contribution in [0.25, 0.3) is 0 Å². The fraction of sp³-hybridized carbons (Fsp3) is 0.591. The van der Waals surface area contributed by atoms with Crippen LogP contribution in [0.3, 0.4) is 0 Å². The largest absolute Gasteiger partial charge is 0.351 e. The molecule has 0 unspecified atom stereocenters. The zero-order chi connectivity index (χ0) is 20.4. The van der Waals surface area contributed by atoms with Crippen molar-refractivity contribution in [2.75, 3.05) is 6.54 Å². The lowest BCUT2D eigenvalue weighted by molar-refractivity contribution is -0.134. The molecule has 7 heteroatoms. The van der Waals surface area contributed by atoms with Gasteiger partial charge >= 0.3 is 0 Å². The Morgan fingerprint density at radius 3 is 2.14 bits per heavy atom. The number of hydrazine groups is 1. The number of hydrogen-bond donors (Lipinski definition) is 3. The van der Waals surface area contributed by atoms with E-state index in [-0.39, 0.29) is 36.1 Å². The Kier molecular flexibility index (Phi) is 5.81. The zero-order valence-electron chi connectivity index (χ0n) is 16.5. The van der Waals surface area contributed by atoms with Gasteiger partial charge in [-0.3, -0.25) is 25.2 Å². The van der Waals surface area contributed by atoms with Gasteiger partial charge in [-0.2, -0.15) is 0 Å². The minimum atomic E-state index is -0.330. The van der Waals surface area contributed by atoms with E-state index in [9.17, 15) is 14.4 Å². The van der Waals surface area contributed by atoms with E-state index in [4.69, 9.17) is 11.6 Å². The molecule has 1 aromatic carbocycles. The Hall–Kier alpha value is -2.08. The number of halogens is 1. The average molecular weight is 418 g/mol. The third kappa shape index (κ3) is 4.74. The molecule has 4 aliphatic rings. The number of benzene rings is 1. The highest BCUT2D eigenvalue weighted by Gasteiger charge is 2.51. The molecule has 0 heterocycles. The predicted octanol–water partition coefficient (Wildman–Crippen LogP) is 3.21. The number of carbonyl (C=O) groups is 3. The minimum absolute atomic E-state index is 0.0772. The third-order valence-corrected chi connectivity index (χ3v) is 7.13. The van der Waals surface area contributed by atoms with Gasteiger partial charge in [0.05, 0.1) is 10.6 Å². The van der Waals surface area contributed by atoms with Crippen molar-refractivity contribution in [1.29, 1.82) is 0 Å². The van der Waals surface area contributed by atoms with E-state index < -0.39 is 0 Å². The maximum atomic E-state index is 12.4. The van der Waals surface area contributed by atoms with Crippen molar-refractivity contribution in [1.82, 2.24) is 16.2 Å². The summed E-state index contributed by atoms with van der Waals surface area (Å²) >= 11 is 5.99. The van der Waals surface area contributed by atoms with Gasteiger partial charge in [0, 0.05) is 19.4 Å². The molecule has 0 saturated heterocycles. The van der Waals surface area contributed by atoms with Crippen molar-refractivity contribution in [2.24, 2.45) is 23.2 Å². The topological polar surface area (TPSA) is 87.3 Å². The molecule has 0 aliphatic heterocycles. The minimum Gasteiger partial charge on any atom is -0.351 e. The summed E-state index contributed by atoms with van der Waals surface area (Å²) in [5, 5.41) is 3.03. The van der Waals surface area contributed by atoms with Gasteiger partial charge in [0.25, 0.3) is 5.91 Å². The Morgan fingerprint density at radius 2 is 1.52 bits per heavy atom. The summed E-state index contributed by atoms with van der Waals surface area (Å²) in [6.07, 6.45) is 8.09. The van der Waals surface area contributed by atoms with Crippen molar-refractivity contribution < 1.29 is 14.4 Å². The van der Waals surface area contributed by atoms with E-state index in [0.717, 1.165) is 37.0 Å². The molecule has 0 atom stereocenters. The fourth-order valence-electron chi connectivity index (χ4n) is 6.12. The van der Waals surface area contributed by atoms with Crippen molar-refractivity contribution in [3.8, 4) is 0 Å². The number of nitrogens with one attached hydrogen (secondary N) is 3. The van der Waals surface area contributed by atoms with Gasteiger partial charge in [-0.05, 0) is 73.8 Å². The molecule has 3 N–H and O–H groups in total. The molecule has 4 bridgehead atoms. The van der Waals surface area contributed by atoms with Gasteiger partial charge in [-0.1, -0.05) is 23.7 Å². The van der Waals surface area contributed by atoms with Crippen LogP contribution in [-0.2, 0) is 9.59 Å². The normalized spacial score (nSPS) is 29.3. The standard InChI is InChI=1S/C22H28ClN3O3/c23-18-4-2-1-3-17(18)21(29)24-6-5-19(27)25-26-20(28)13-22-10-14-7-15(11-22)9-16(8-14)12-22/h1-4,14-16H,5-13H2,(H,24,29)(H,25,27)(H,26,28). The van der Waals surface area contributed by atoms with E-state index in [1.807, 2.05) is 0 Å². The summed E-state index contributed by atoms with van der Waals surface area (Å²) in [4.78, 5) is 36.5. The molecule has 4 fully saturated rings. The average Bonchev–Trinajstić information content (AvgIpc) is 2.65. The van der Waals surface area contributed by atoms with Gasteiger partial charge < -0.3 is 5.32 Å². The predicted molar refractivity (Wildman–Crippen MR) is 110 cm³/mol. The van der Waals surface area contributed by atoms with E-state index >= 15 is 0 Å². The second-order valence-electron chi connectivity index (χ2n) is 9.18. The van der Waals surface area contributed by atoms with Crippen molar-refractivity contribution in [3.05, 3.63) is 34.9 Å². The fourth-order valence-corrected chi connectivity index (χ4v) is 6.34. The Bertz CT molecular complexity index is 775. The lowest BCUT2D eigenvalue weighted by Crippen LogP contribution is -2.50. The van der Waals surface area contributed by atoms with Crippen molar-refractivity contribution in [3.63, 3.8) is 0 Å². The van der Waals surface area contributed by atoms with Crippen LogP contribution in [0.15, 0.2) is 24.3 Å². The second-order valence-corrected chi connectivity index (χ2v) is 9.58. The quantitative estimate of drug-likeness (QED) is 0.621. The highest BCUT2D eigenvalue weighted by Crippen LogP contribution is 2.61. The zero-order valence-corrected chi connectivity index (χ0v) is 17.3. The van der Waals surface area contributed by atoms with E-state index in [0.29, 0.717) is 17.0 Å². The molecule has 4 saturated carbocycles. The molecular formula is C22H28ClN3O3. The molecular weight excluding hydrogens is 390 g/mol. The van der Waals surface area contributed by atoms with Crippen LogP contribution in [0.5, 0.6) is 0 Å². The van der Waals surface area contributed by atoms with E-state index in [2.05, 4.69) is 16.2 Å². The number of rotatable bonds is 6. The van der Waals surface area contributed by atoms with Crippen LogP contribution in [-0.4, -0.2) is 24.3 Å². The SMILES string of the molecule is O=C(CCNC(=O)c1ccccc1Cl)NNC(=O)CC12CC3CC(CC(C3)C1)C2. The molecule has 0 aromatic heterocycles. The van der Waals surface area contributed by atoms with Crippen LogP contribution >= 0.6 is 11.6 Å². The third-order valence-electron chi connectivity index (χ3n) is 6.80. The molecule has 29 heavy (non-hydrogen) atoms. The summed E-state index contributed by atoms with van der Waals surface area (Å²) in [6.45, 7) is 0.167. The van der Waals surface area contributed by atoms with Gasteiger partial charge in [-0.25, -0.2) is 0 Å². The molecule has 6 nitrogen and oxygen atoms in total. The summed E-state index contributed by atoms with van der Waals surface area (Å²) < 4.78 is 0. The maximum Gasteiger partial charge on any atom is 0.252 e. The van der Waals surface area contributed by atoms with Gasteiger partial charge in [-0.15, -0.1) is 0 Å². The smallest absolute Gasteiger partial charge is 0.252 e. The molecule has 3 amide bonds.